The molecular formula is C16H16N4O4. The van der Waals surface area contributed by atoms with Crippen LogP contribution in [0.1, 0.15) is 25.3 Å². The van der Waals surface area contributed by atoms with Crippen LogP contribution >= 0.6 is 0 Å². The van der Waals surface area contributed by atoms with Gasteiger partial charge in [-0.25, -0.2) is 0 Å². The van der Waals surface area contributed by atoms with Crippen LogP contribution in [0.4, 0.5) is 17.1 Å². The maximum absolute atomic E-state index is 11.1. The molecule has 0 spiro atoms. The van der Waals surface area contributed by atoms with Gasteiger partial charge in [0.2, 0.25) is 0 Å². The minimum atomic E-state index is -0.674. The van der Waals surface area contributed by atoms with Gasteiger partial charge in [0, 0.05) is 6.07 Å². The van der Waals surface area contributed by atoms with Crippen LogP contribution in [0.25, 0.3) is 0 Å². The lowest BCUT2D eigenvalue weighted by Crippen LogP contribution is -2.05. The summed E-state index contributed by atoms with van der Waals surface area (Å²) in [5, 5.41) is 26.2. The predicted molar refractivity (Wildman–Crippen MR) is 91.3 cm³/mol. The molecule has 8 nitrogen and oxygen atoms in total. The highest BCUT2D eigenvalue weighted by Crippen LogP contribution is 2.29. The van der Waals surface area contributed by atoms with Crippen molar-refractivity contribution in [1.29, 1.82) is 0 Å². The first kappa shape index (κ1) is 17.1. The van der Waals surface area contributed by atoms with E-state index in [9.17, 15) is 20.2 Å². The summed E-state index contributed by atoms with van der Waals surface area (Å²) in [6.45, 7) is 2.01. The highest BCUT2D eigenvalue weighted by Gasteiger charge is 2.19. The van der Waals surface area contributed by atoms with E-state index in [0.717, 1.165) is 23.8 Å². The van der Waals surface area contributed by atoms with Crippen molar-refractivity contribution in [2.24, 2.45) is 5.10 Å². The van der Waals surface area contributed by atoms with Gasteiger partial charge in [0.1, 0.15) is 5.69 Å². The van der Waals surface area contributed by atoms with Gasteiger partial charge in [0.15, 0.2) is 0 Å². The third-order valence-electron chi connectivity index (χ3n) is 3.29. The van der Waals surface area contributed by atoms with Gasteiger partial charge in [-0.2, -0.15) is 5.10 Å². The first-order valence-corrected chi connectivity index (χ1v) is 7.33. The SMILES string of the molecule is CCC/C(=N\Nc1ccc([N+](=O)[O-])cc1[N+](=O)[O-])c1ccccc1. The Morgan fingerprint density at radius 3 is 2.38 bits per heavy atom. The topological polar surface area (TPSA) is 111 Å². The van der Waals surface area contributed by atoms with Gasteiger partial charge in [-0.15, -0.1) is 0 Å². The van der Waals surface area contributed by atoms with E-state index < -0.39 is 15.5 Å². The summed E-state index contributed by atoms with van der Waals surface area (Å²) in [6.07, 6.45) is 1.55. The van der Waals surface area contributed by atoms with Gasteiger partial charge in [-0.3, -0.25) is 25.7 Å². The number of anilines is 1. The van der Waals surface area contributed by atoms with Crippen LogP contribution in [0.5, 0.6) is 0 Å². The second-order valence-electron chi connectivity index (χ2n) is 5.00. The summed E-state index contributed by atoms with van der Waals surface area (Å²) < 4.78 is 0. The molecule has 0 saturated heterocycles. The zero-order chi connectivity index (χ0) is 17.5. The third kappa shape index (κ3) is 4.13. The van der Waals surface area contributed by atoms with Crippen molar-refractivity contribution in [2.75, 3.05) is 5.43 Å². The molecule has 0 aliphatic carbocycles. The van der Waals surface area contributed by atoms with Gasteiger partial charge in [-0.1, -0.05) is 43.7 Å². The molecule has 0 radical (unpaired) electrons. The maximum Gasteiger partial charge on any atom is 0.301 e. The zero-order valence-electron chi connectivity index (χ0n) is 13.0. The molecule has 8 heteroatoms. The standard InChI is InChI=1S/C16H16N4O4/c1-2-6-14(12-7-4-3-5-8-12)17-18-15-10-9-13(19(21)22)11-16(15)20(23)24/h3-5,7-11,18H,2,6H2,1H3/b17-14+. The molecule has 2 rings (SSSR count). The Labute approximate surface area is 138 Å². The number of rotatable bonds is 7. The van der Waals surface area contributed by atoms with Crippen molar-refractivity contribution in [1.82, 2.24) is 0 Å². The van der Waals surface area contributed by atoms with E-state index in [2.05, 4.69) is 10.5 Å². The van der Waals surface area contributed by atoms with Crippen molar-refractivity contribution in [3.63, 3.8) is 0 Å². The second-order valence-corrected chi connectivity index (χ2v) is 5.00. The van der Waals surface area contributed by atoms with Crippen molar-refractivity contribution in [2.45, 2.75) is 19.8 Å². The lowest BCUT2D eigenvalue weighted by Gasteiger charge is -2.07. The van der Waals surface area contributed by atoms with Crippen molar-refractivity contribution in [3.8, 4) is 0 Å². The Balaban J connectivity index is 2.34. The zero-order valence-corrected chi connectivity index (χ0v) is 13.0. The molecule has 1 N–H and O–H groups in total. The average molecular weight is 328 g/mol. The molecule has 0 aliphatic heterocycles. The molecule has 2 aromatic carbocycles. The van der Waals surface area contributed by atoms with Gasteiger partial charge in [0.05, 0.1) is 21.6 Å². The van der Waals surface area contributed by atoms with E-state index in [1.165, 1.54) is 12.1 Å². The first-order chi connectivity index (χ1) is 11.5. The highest BCUT2D eigenvalue weighted by atomic mass is 16.6. The van der Waals surface area contributed by atoms with E-state index in [0.29, 0.717) is 6.42 Å². The van der Waals surface area contributed by atoms with Crippen LogP contribution in [-0.4, -0.2) is 15.6 Å². The monoisotopic (exact) mass is 328 g/mol. The highest BCUT2D eigenvalue weighted by molar-refractivity contribution is 6.01. The van der Waals surface area contributed by atoms with Gasteiger partial charge in [-0.05, 0) is 18.1 Å². The second kappa shape index (κ2) is 7.82. The van der Waals surface area contributed by atoms with Crippen LogP contribution in [0.15, 0.2) is 53.6 Å². The molecule has 0 aromatic heterocycles. The van der Waals surface area contributed by atoms with E-state index >= 15 is 0 Å². The normalized spacial score (nSPS) is 11.1. The Morgan fingerprint density at radius 2 is 1.79 bits per heavy atom. The molecule has 0 amide bonds. The number of nitro groups is 2. The van der Waals surface area contributed by atoms with Crippen molar-refractivity contribution >= 4 is 22.8 Å². The van der Waals surface area contributed by atoms with E-state index in [1.807, 2.05) is 37.3 Å². The van der Waals surface area contributed by atoms with Gasteiger partial charge in [0.25, 0.3) is 5.69 Å². The summed E-state index contributed by atoms with van der Waals surface area (Å²) >= 11 is 0. The number of hydrazone groups is 1. The predicted octanol–water partition coefficient (Wildman–Crippen LogP) is 4.12. The van der Waals surface area contributed by atoms with Crippen LogP contribution in [0.3, 0.4) is 0 Å². The van der Waals surface area contributed by atoms with E-state index in [-0.39, 0.29) is 11.4 Å². The number of nitro benzene ring substituents is 2. The molecule has 0 aliphatic rings. The Bertz CT molecular complexity index is 775. The smallest absolute Gasteiger partial charge is 0.271 e. The van der Waals surface area contributed by atoms with Crippen LogP contribution in [0, 0.1) is 20.2 Å². The minimum Gasteiger partial charge on any atom is -0.271 e. The molecule has 2 aromatic rings. The third-order valence-corrected chi connectivity index (χ3v) is 3.29. The molecule has 0 bridgehead atoms. The lowest BCUT2D eigenvalue weighted by molar-refractivity contribution is -0.393. The van der Waals surface area contributed by atoms with Crippen molar-refractivity contribution < 1.29 is 9.85 Å². The Kier molecular flexibility index (Phi) is 5.56. The van der Waals surface area contributed by atoms with Gasteiger partial charge < -0.3 is 0 Å². The van der Waals surface area contributed by atoms with Crippen molar-refractivity contribution in [3.05, 3.63) is 74.3 Å². The lowest BCUT2D eigenvalue weighted by atomic mass is 10.1. The molecule has 0 atom stereocenters. The summed E-state index contributed by atoms with van der Waals surface area (Å²) in [4.78, 5) is 20.5. The average Bonchev–Trinajstić information content (AvgIpc) is 2.59. The number of nitrogens with one attached hydrogen (secondary N) is 1. The Morgan fingerprint density at radius 1 is 1.08 bits per heavy atom. The van der Waals surface area contributed by atoms with E-state index in [4.69, 9.17) is 0 Å². The maximum atomic E-state index is 11.1. The number of non-ortho nitro benzene ring substituents is 1. The molecule has 124 valence electrons. The summed E-state index contributed by atoms with van der Waals surface area (Å²) in [5.74, 6) is 0. The fourth-order valence-electron chi connectivity index (χ4n) is 2.14. The number of benzene rings is 2. The van der Waals surface area contributed by atoms with E-state index in [1.54, 1.807) is 0 Å². The van der Waals surface area contributed by atoms with Gasteiger partial charge >= 0.3 is 5.69 Å². The summed E-state index contributed by atoms with van der Waals surface area (Å²) in [7, 11) is 0. The van der Waals surface area contributed by atoms with Crippen LogP contribution in [-0.2, 0) is 0 Å². The minimum absolute atomic E-state index is 0.107. The molecule has 0 saturated carbocycles. The summed E-state index contributed by atoms with van der Waals surface area (Å²) in [5.41, 5.74) is 3.71. The summed E-state index contributed by atoms with van der Waals surface area (Å²) in [6, 6.07) is 12.9. The largest absolute Gasteiger partial charge is 0.301 e. The Hall–Kier alpha value is -3.29. The first-order valence-electron chi connectivity index (χ1n) is 7.33. The molecular weight excluding hydrogens is 312 g/mol. The number of nitrogens with zero attached hydrogens (tertiary/aromatic N) is 3. The molecule has 0 heterocycles. The molecule has 0 fully saturated rings. The molecule has 0 unspecified atom stereocenters. The van der Waals surface area contributed by atoms with Crippen LogP contribution in [0.2, 0.25) is 0 Å². The fourth-order valence-corrected chi connectivity index (χ4v) is 2.14. The number of hydrogen-bond donors (Lipinski definition) is 1. The number of hydrogen-bond acceptors (Lipinski definition) is 6. The molecule has 24 heavy (non-hydrogen) atoms. The fraction of sp³-hybridized carbons (Fsp3) is 0.188. The van der Waals surface area contributed by atoms with Crippen LogP contribution < -0.4 is 5.43 Å². The quantitative estimate of drug-likeness (QED) is 0.467.